The minimum atomic E-state index is -0.365. The minimum Gasteiger partial charge on any atom is -0.490 e. The molecule has 0 aromatic heterocycles. The Morgan fingerprint density at radius 2 is 1.92 bits per heavy atom. The third-order valence-corrected chi connectivity index (χ3v) is 6.01. The van der Waals surface area contributed by atoms with Gasteiger partial charge < -0.3 is 4.74 Å². The molecule has 0 saturated heterocycles. The molecule has 0 radical (unpaired) electrons. The van der Waals surface area contributed by atoms with Crippen molar-refractivity contribution in [1.82, 2.24) is 0 Å². The van der Waals surface area contributed by atoms with E-state index in [0.29, 0.717) is 5.75 Å². The molecule has 0 heterocycles. The van der Waals surface area contributed by atoms with Gasteiger partial charge in [-0.15, -0.1) is 0 Å². The Morgan fingerprint density at radius 1 is 1.16 bits per heavy atom. The van der Waals surface area contributed by atoms with Crippen molar-refractivity contribution < 1.29 is 9.66 Å². The molecule has 128 valence electrons. The number of hydrogen-bond donors (Lipinski definition) is 0. The summed E-state index contributed by atoms with van der Waals surface area (Å²) in [4.78, 5) is 11.0. The number of benzene rings is 2. The smallest absolute Gasteiger partial charge is 0.311 e. The van der Waals surface area contributed by atoms with E-state index in [4.69, 9.17) is 4.74 Å². The van der Waals surface area contributed by atoms with Crippen LogP contribution in [0.3, 0.4) is 0 Å². The van der Waals surface area contributed by atoms with E-state index < -0.39 is 0 Å². The molecule has 5 heteroatoms. The van der Waals surface area contributed by atoms with Crippen LogP contribution in [0.15, 0.2) is 40.4 Å². The van der Waals surface area contributed by atoms with Crippen LogP contribution in [0, 0.1) is 10.1 Å². The van der Waals surface area contributed by atoms with Crippen LogP contribution in [-0.4, -0.2) is 12.0 Å². The first kappa shape index (κ1) is 16.3. The number of allylic oxidation sites excluding steroid dienone is 2. The van der Waals surface area contributed by atoms with E-state index >= 15 is 0 Å². The van der Waals surface area contributed by atoms with Crippen LogP contribution >= 0.6 is 15.9 Å². The summed E-state index contributed by atoms with van der Waals surface area (Å²) in [7, 11) is 1.48. The molecule has 0 atom stereocenters. The molecule has 4 rings (SSSR count). The number of hydrogen-bond acceptors (Lipinski definition) is 3. The van der Waals surface area contributed by atoms with E-state index in [2.05, 4.69) is 48.0 Å². The maximum atomic E-state index is 11.4. The first-order valence-corrected chi connectivity index (χ1v) is 8.99. The molecule has 0 bridgehead atoms. The van der Waals surface area contributed by atoms with E-state index in [-0.39, 0.29) is 16.0 Å². The van der Waals surface area contributed by atoms with Crippen LogP contribution in [-0.2, 0) is 18.3 Å². The third-order valence-electron chi connectivity index (χ3n) is 5.52. The molecule has 0 saturated carbocycles. The number of methoxy groups -OCH3 is 1. The van der Waals surface area contributed by atoms with Crippen LogP contribution < -0.4 is 4.74 Å². The fourth-order valence-corrected chi connectivity index (χ4v) is 4.67. The SMILES string of the molecule is COc1cc2c(cc1[N+](=O)[O-])CC1=C(Cc3cc(Br)ccc31)C2(C)C. The van der Waals surface area contributed by atoms with Gasteiger partial charge in [-0.05, 0) is 58.9 Å². The third kappa shape index (κ3) is 2.33. The van der Waals surface area contributed by atoms with E-state index in [1.807, 2.05) is 6.07 Å². The molecule has 0 amide bonds. The highest BCUT2D eigenvalue weighted by molar-refractivity contribution is 9.10. The lowest BCUT2D eigenvalue weighted by Gasteiger charge is -2.35. The van der Waals surface area contributed by atoms with Crippen LogP contribution in [0.1, 0.15) is 36.1 Å². The van der Waals surface area contributed by atoms with Crippen molar-refractivity contribution in [2.24, 2.45) is 0 Å². The highest BCUT2D eigenvalue weighted by atomic mass is 79.9. The summed E-state index contributed by atoms with van der Waals surface area (Å²) in [6, 6.07) is 9.94. The predicted molar refractivity (Wildman–Crippen MR) is 101 cm³/mol. The van der Waals surface area contributed by atoms with Crippen LogP contribution in [0.5, 0.6) is 5.75 Å². The number of nitro benzene ring substituents is 1. The summed E-state index contributed by atoms with van der Waals surface area (Å²) < 4.78 is 6.37. The highest BCUT2D eigenvalue weighted by Gasteiger charge is 2.40. The van der Waals surface area contributed by atoms with E-state index in [1.54, 1.807) is 6.07 Å². The Kier molecular flexibility index (Phi) is 3.55. The second-order valence-corrected chi connectivity index (χ2v) is 8.09. The maximum Gasteiger partial charge on any atom is 0.311 e. The zero-order valence-electron chi connectivity index (χ0n) is 14.4. The first-order valence-electron chi connectivity index (χ1n) is 8.20. The standard InChI is InChI=1S/C20H18BrNO3/c1-20(2)16-10-19(25-3)18(22(23)24)9-12(16)7-15-14-5-4-13(21)6-11(14)8-17(15)20/h4-6,9-10H,7-8H2,1-3H3. The molecule has 25 heavy (non-hydrogen) atoms. The van der Waals surface area contributed by atoms with Crippen molar-refractivity contribution in [3.8, 4) is 5.75 Å². The summed E-state index contributed by atoms with van der Waals surface area (Å²) in [6.45, 7) is 4.40. The zero-order valence-corrected chi connectivity index (χ0v) is 15.9. The second-order valence-electron chi connectivity index (χ2n) is 7.18. The van der Waals surface area contributed by atoms with E-state index in [1.165, 1.54) is 29.4 Å². The van der Waals surface area contributed by atoms with Crippen molar-refractivity contribution in [3.63, 3.8) is 0 Å². The lowest BCUT2D eigenvalue weighted by Crippen LogP contribution is -2.27. The van der Waals surface area contributed by atoms with E-state index in [0.717, 1.165) is 28.4 Å². The molecule has 0 spiro atoms. The number of halogens is 1. The number of ether oxygens (including phenoxy) is 1. The van der Waals surface area contributed by atoms with Crippen LogP contribution in [0.4, 0.5) is 5.69 Å². The van der Waals surface area contributed by atoms with Gasteiger partial charge in [0, 0.05) is 16.0 Å². The topological polar surface area (TPSA) is 52.4 Å². The van der Waals surface area contributed by atoms with Gasteiger partial charge in [0.25, 0.3) is 0 Å². The molecule has 2 aliphatic rings. The summed E-state index contributed by atoms with van der Waals surface area (Å²) in [5.41, 5.74) is 7.32. The Balaban J connectivity index is 1.91. The molecular formula is C20H18BrNO3. The van der Waals surface area contributed by atoms with Crippen LogP contribution in [0.25, 0.3) is 5.57 Å². The fourth-order valence-electron chi connectivity index (χ4n) is 4.26. The Morgan fingerprint density at radius 3 is 2.60 bits per heavy atom. The molecule has 2 aliphatic carbocycles. The summed E-state index contributed by atoms with van der Waals surface area (Å²) >= 11 is 3.56. The van der Waals surface area contributed by atoms with Crippen molar-refractivity contribution >= 4 is 27.2 Å². The largest absolute Gasteiger partial charge is 0.490 e. The molecule has 0 aliphatic heterocycles. The van der Waals surface area contributed by atoms with Gasteiger partial charge in [0.1, 0.15) is 0 Å². The first-order chi connectivity index (χ1) is 11.8. The molecule has 0 fully saturated rings. The Bertz CT molecular complexity index is 960. The Labute approximate surface area is 154 Å². The summed E-state index contributed by atoms with van der Waals surface area (Å²) in [5, 5.41) is 11.4. The molecule has 2 aromatic carbocycles. The molecule has 4 nitrogen and oxygen atoms in total. The number of rotatable bonds is 2. The normalized spacial score (nSPS) is 17.0. The van der Waals surface area contributed by atoms with Gasteiger partial charge in [-0.2, -0.15) is 0 Å². The number of nitro groups is 1. The quantitative estimate of drug-likeness (QED) is 0.514. The summed E-state index contributed by atoms with van der Waals surface area (Å²) in [5.74, 6) is 0.333. The van der Waals surface area contributed by atoms with Gasteiger partial charge in [0.15, 0.2) is 5.75 Å². The summed E-state index contributed by atoms with van der Waals surface area (Å²) in [6.07, 6.45) is 1.66. The van der Waals surface area contributed by atoms with Gasteiger partial charge in [0.2, 0.25) is 0 Å². The minimum absolute atomic E-state index is 0.0372. The maximum absolute atomic E-state index is 11.4. The van der Waals surface area contributed by atoms with Gasteiger partial charge in [-0.3, -0.25) is 10.1 Å². The van der Waals surface area contributed by atoms with Gasteiger partial charge in [-0.25, -0.2) is 0 Å². The molecule has 0 unspecified atom stereocenters. The van der Waals surface area contributed by atoms with Gasteiger partial charge in [0.05, 0.1) is 12.0 Å². The average molecular weight is 400 g/mol. The molecule has 2 aromatic rings. The fraction of sp³-hybridized carbons (Fsp3) is 0.300. The number of fused-ring (bicyclic) bond motifs is 3. The molecule has 0 N–H and O–H groups in total. The van der Waals surface area contributed by atoms with Gasteiger partial charge in [-0.1, -0.05) is 41.4 Å². The Hall–Kier alpha value is -2.14. The second kappa shape index (κ2) is 5.43. The lowest BCUT2D eigenvalue weighted by molar-refractivity contribution is -0.385. The monoisotopic (exact) mass is 399 g/mol. The highest BCUT2D eigenvalue weighted by Crippen LogP contribution is 2.51. The molecular weight excluding hydrogens is 382 g/mol. The number of nitrogens with zero attached hydrogens (tertiary/aromatic N) is 1. The van der Waals surface area contributed by atoms with Crippen molar-refractivity contribution in [3.05, 3.63) is 72.7 Å². The van der Waals surface area contributed by atoms with Crippen molar-refractivity contribution in [2.45, 2.75) is 32.1 Å². The predicted octanol–water partition coefficient (Wildman–Crippen LogP) is 5.21. The van der Waals surface area contributed by atoms with Gasteiger partial charge >= 0.3 is 5.69 Å². The average Bonchev–Trinajstić information content (AvgIpc) is 2.92. The zero-order chi connectivity index (χ0) is 17.9. The van der Waals surface area contributed by atoms with Crippen molar-refractivity contribution in [2.75, 3.05) is 7.11 Å². The van der Waals surface area contributed by atoms with E-state index in [9.17, 15) is 10.1 Å². The van der Waals surface area contributed by atoms with Crippen molar-refractivity contribution in [1.29, 1.82) is 0 Å². The lowest BCUT2D eigenvalue weighted by atomic mass is 9.68. The van der Waals surface area contributed by atoms with Crippen LogP contribution in [0.2, 0.25) is 0 Å².